The highest BCUT2D eigenvalue weighted by Crippen LogP contribution is 2.39. The molecule has 2 aromatic rings. The van der Waals surface area contributed by atoms with Crippen LogP contribution >= 0.6 is 11.3 Å². The summed E-state index contributed by atoms with van der Waals surface area (Å²) < 4.78 is 23.2. The van der Waals surface area contributed by atoms with Crippen molar-refractivity contribution in [3.8, 4) is 5.75 Å². The van der Waals surface area contributed by atoms with Gasteiger partial charge in [0.25, 0.3) is 0 Å². The van der Waals surface area contributed by atoms with E-state index in [4.69, 9.17) is 18.9 Å². The molecule has 0 bridgehead atoms. The first-order valence-electron chi connectivity index (χ1n) is 9.29. The van der Waals surface area contributed by atoms with Gasteiger partial charge in [-0.25, -0.2) is 4.98 Å². The van der Waals surface area contributed by atoms with Crippen LogP contribution in [0.4, 0.5) is 5.13 Å². The number of thiazole rings is 1. The number of nitrogens with one attached hydrogen (secondary N) is 1. The molecule has 1 atom stereocenters. The Balaban J connectivity index is 1.55. The van der Waals surface area contributed by atoms with Gasteiger partial charge in [0.1, 0.15) is 17.4 Å². The Morgan fingerprint density at radius 1 is 1.26 bits per heavy atom. The molecule has 2 saturated heterocycles. The minimum Gasteiger partial charge on any atom is -0.494 e. The molecule has 2 fully saturated rings. The maximum Gasteiger partial charge on any atom is 0.226 e. The van der Waals surface area contributed by atoms with Crippen molar-refractivity contribution in [1.82, 2.24) is 4.98 Å². The van der Waals surface area contributed by atoms with Gasteiger partial charge in [-0.1, -0.05) is 17.4 Å². The molecule has 8 heteroatoms. The number of anilines is 1. The van der Waals surface area contributed by atoms with Crippen molar-refractivity contribution in [3.05, 3.63) is 17.7 Å². The third-order valence-corrected chi connectivity index (χ3v) is 6.00. The first-order valence-corrected chi connectivity index (χ1v) is 10.1. The third kappa shape index (κ3) is 4.24. The van der Waals surface area contributed by atoms with Crippen molar-refractivity contribution in [3.63, 3.8) is 0 Å². The van der Waals surface area contributed by atoms with Gasteiger partial charge in [-0.15, -0.1) is 0 Å². The van der Waals surface area contributed by atoms with Gasteiger partial charge in [-0.2, -0.15) is 0 Å². The average Bonchev–Trinajstić information content (AvgIpc) is 3.12. The Kier molecular flexibility index (Phi) is 5.87. The fourth-order valence-corrected chi connectivity index (χ4v) is 4.58. The van der Waals surface area contributed by atoms with Gasteiger partial charge in [0.15, 0.2) is 5.13 Å². The highest BCUT2D eigenvalue weighted by molar-refractivity contribution is 7.22. The van der Waals surface area contributed by atoms with E-state index in [1.54, 1.807) is 7.11 Å². The van der Waals surface area contributed by atoms with Crippen LogP contribution in [0.25, 0.3) is 10.2 Å². The van der Waals surface area contributed by atoms with Gasteiger partial charge >= 0.3 is 0 Å². The fourth-order valence-electron chi connectivity index (χ4n) is 3.52. The molecule has 4 rings (SSSR count). The number of aromatic nitrogens is 1. The van der Waals surface area contributed by atoms with Gasteiger partial charge < -0.3 is 24.3 Å². The molecule has 2 aliphatic rings. The molecular formula is C19H24N2O5S. The van der Waals surface area contributed by atoms with Crippen molar-refractivity contribution in [2.45, 2.75) is 25.4 Å². The maximum absolute atomic E-state index is 12.4. The van der Waals surface area contributed by atoms with Crippen LogP contribution in [0.15, 0.2) is 12.1 Å². The lowest BCUT2D eigenvalue weighted by Crippen LogP contribution is -2.22. The molecule has 1 aromatic carbocycles. The summed E-state index contributed by atoms with van der Waals surface area (Å²) in [5.41, 5.74) is 1.77. The molecule has 146 valence electrons. The number of fused-ring (bicyclic) bond motifs is 1. The second-order valence-corrected chi connectivity index (χ2v) is 7.80. The van der Waals surface area contributed by atoms with E-state index < -0.39 is 0 Å². The molecule has 1 unspecified atom stereocenters. The lowest BCUT2D eigenvalue weighted by molar-refractivity contribution is -0.117. The fraction of sp³-hybridized carbons (Fsp3) is 0.579. The van der Waals surface area contributed by atoms with Crippen LogP contribution in [0, 0.1) is 5.92 Å². The van der Waals surface area contributed by atoms with Crippen molar-refractivity contribution < 1.29 is 23.7 Å². The third-order valence-electron chi connectivity index (χ3n) is 4.98. The first-order chi connectivity index (χ1) is 13.2. The number of nitrogens with zero attached hydrogens (tertiary/aromatic N) is 1. The molecule has 27 heavy (non-hydrogen) atoms. The van der Waals surface area contributed by atoms with E-state index in [1.165, 1.54) is 11.3 Å². The summed E-state index contributed by atoms with van der Waals surface area (Å²) in [7, 11) is 1.62. The second-order valence-electron chi connectivity index (χ2n) is 6.80. The normalized spacial score (nSPS) is 21.3. The van der Waals surface area contributed by atoms with Crippen LogP contribution < -0.4 is 10.1 Å². The number of hydrogen-bond donors (Lipinski definition) is 1. The topological polar surface area (TPSA) is 78.9 Å². The number of ether oxygens (including phenoxy) is 4. The van der Waals surface area contributed by atoms with Gasteiger partial charge in [-0.05, 0) is 24.8 Å². The molecule has 2 aliphatic heterocycles. The van der Waals surface area contributed by atoms with E-state index in [0.29, 0.717) is 43.0 Å². The number of rotatable bonds is 5. The molecule has 3 heterocycles. The second kappa shape index (κ2) is 8.52. The standard InChI is InChI=1S/C19H24N2O5S/c1-23-14-3-2-13(15-11-25-8-9-26-15)18-17(14)21-19(27-18)20-16(22)10-12-4-6-24-7-5-12/h2-3,12,15H,4-11H2,1H3,(H,20,21,22). The van der Waals surface area contributed by atoms with Crippen LogP contribution in [0.3, 0.4) is 0 Å². The summed E-state index contributed by atoms with van der Waals surface area (Å²) in [6.45, 7) is 3.19. The zero-order valence-corrected chi connectivity index (χ0v) is 16.2. The molecule has 0 saturated carbocycles. The number of carbonyl (C=O) groups excluding carboxylic acids is 1. The van der Waals surface area contributed by atoms with Crippen molar-refractivity contribution in [1.29, 1.82) is 0 Å². The SMILES string of the molecule is COc1ccc(C2COCCO2)c2sc(NC(=O)CC3CCOCC3)nc12. The maximum atomic E-state index is 12.4. The van der Waals surface area contributed by atoms with Crippen LogP contribution in [0.1, 0.15) is 30.9 Å². The van der Waals surface area contributed by atoms with Gasteiger partial charge in [0, 0.05) is 25.2 Å². The van der Waals surface area contributed by atoms with Crippen LogP contribution in [-0.4, -0.2) is 51.0 Å². The zero-order valence-electron chi connectivity index (χ0n) is 15.4. The summed E-state index contributed by atoms with van der Waals surface area (Å²) in [5, 5.41) is 3.55. The summed E-state index contributed by atoms with van der Waals surface area (Å²) in [5.74, 6) is 1.07. The molecular weight excluding hydrogens is 368 g/mol. The van der Waals surface area contributed by atoms with Crippen LogP contribution in [0.2, 0.25) is 0 Å². The Morgan fingerprint density at radius 3 is 2.85 bits per heavy atom. The van der Waals surface area contributed by atoms with E-state index in [9.17, 15) is 4.79 Å². The predicted octanol–water partition coefficient (Wildman–Crippen LogP) is 3.15. The zero-order chi connectivity index (χ0) is 18.6. The molecule has 0 spiro atoms. The van der Waals surface area contributed by atoms with Crippen LogP contribution in [0.5, 0.6) is 5.75 Å². The summed E-state index contributed by atoms with van der Waals surface area (Å²) in [6.07, 6.45) is 2.25. The predicted molar refractivity (Wildman–Crippen MR) is 102 cm³/mol. The Morgan fingerprint density at radius 2 is 2.11 bits per heavy atom. The summed E-state index contributed by atoms with van der Waals surface area (Å²) >= 11 is 1.45. The molecule has 1 amide bonds. The van der Waals surface area contributed by atoms with Gasteiger partial charge in [-0.3, -0.25) is 4.79 Å². The minimum absolute atomic E-state index is 0.00118. The number of amides is 1. The number of benzene rings is 1. The molecule has 0 aliphatic carbocycles. The molecule has 0 radical (unpaired) electrons. The molecule has 1 aromatic heterocycles. The number of hydrogen-bond acceptors (Lipinski definition) is 7. The first kappa shape index (κ1) is 18.6. The molecule has 7 nitrogen and oxygen atoms in total. The van der Waals surface area contributed by atoms with Crippen LogP contribution in [-0.2, 0) is 19.0 Å². The van der Waals surface area contributed by atoms with E-state index in [2.05, 4.69) is 10.3 Å². The van der Waals surface area contributed by atoms with E-state index in [1.807, 2.05) is 12.1 Å². The van der Waals surface area contributed by atoms with Gasteiger partial charge in [0.2, 0.25) is 5.91 Å². The lowest BCUT2D eigenvalue weighted by Gasteiger charge is -2.23. The monoisotopic (exact) mass is 392 g/mol. The molecule has 1 N–H and O–H groups in total. The van der Waals surface area contributed by atoms with E-state index >= 15 is 0 Å². The van der Waals surface area contributed by atoms with Crippen molar-refractivity contribution in [2.24, 2.45) is 5.92 Å². The quantitative estimate of drug-likeness (QED) is 0.842. The number of methoxy groups -OCH3 is 1. The summed E-state index contributed by atoms with van der Waals surface area (Å²) in [4.78, 5) is 17.0. The largest absolute Gasteiger partial charge is 0.494 e. The Labute approximate surface area is 162 Å². The van der Waals surface area contributed by atoms with Crippen molar-refractivity contribution >= 4 is 32.6 Å². The minimum atomic E-state index is -0.126. The Bertz CT molecular complexity index is 797. The number of carbonyl (C=O) groups is 1. The Hall–Kier alpha value is -1.74. The van der Waals surface area contributed by atoms with Gasteiger partial charge in [0.05, 0.1) is 31.6 Å². The van der Waals surface area contributed by atoms with E-state index in [0.717, 1.165) is 41.8 Å². The lowest BCUT2D eigenvalue weighted by atomic mass is 9.96. The van der Waals surface area contributed by atoms with E-state index in [-0.39, 0.29) is 12.0 Å². The summed E-state index contributed by atoms with van der Waals surface area (Å²) in [6, 6.07) is 3.88. The highest BCUT2D eigenvalue weighted by Gasteiger charge is 2.24. The highest BCUT2D eigenvalue weighted by atomic mass is 32.1. The smallest absolute Gasteiger partial charge is 0.226 e. The van der Waals surface area contributed by atoms with Crippen molar-refractivity contribution in [2.75, 3.05) is 45.5 Å². The average molecular weight is 392 g/mol.